The Labute approximate surface area is 167 Å². The minimum atomic E-state index is 0.00441. The van der Waals surface area contributed by atoms with Crippen molar-refractivity contribution in [1.29, 1.82) is 0 Å². The molecule has 6 heteroatoms. The number of thiazole rings is 1. The molecule has 0 aliphatic carbocycles. The average molecular weight is 391 g/mol. The normalized spacial score (nSPS) is 11.1. The van der Waals surface area contributed by atoms with Crippen molar-refractivity contribution in [3.8, 4) is 11.4 Å². The van der Waals surface area contributed by atoms with Crippen LogP contribution in [0.5, 0.6) is 0 Å². The number of hydrogen-bond donors (Lipinski definition) is 2. The number of aryl methyl sites for hydroxylation is 3. The fourth-order valence-corrected chi connectivity index (χ4v) is 4.07. The minimum Gasteiger partial charge on any atom is -0.353 e. The fraction of sp³-hybridized carbons (Fsp3) is 0.227. The van der Waals surface area contributed by atoms with E-state index in [0.717, 1.165) is 35.4 Å². The largest absolute Gasteiger partial charge is 0.353 e. The molecule has 5 nitrogen and oxygen atoms in total. The molecule has 0 bridgehead atoms. The zero-order valence-electron chi connectivity index (χ0n) is 16.0. The van der Waals surface area contributed by atoms with Gasteiger partial charge in [-0.25, -0.2) is 4.98 Å². The predicted octanol–water partition coefficient (Wildman–Crippen LogP) is 5.26. The summed E-state index contributed by atoms with van der Waals surface area (Å²) >= 11 is 1.46. The van der Waals surface area contributed by atoms with Crippen LogP contribution in [-0.4, -0.2) is 20.9 Å². The molecule has 0 aliphatic heterocycles. The van der Waals surface area contributed by atoms with Gasteiger partial charge in [-0.3, -0.25) is 9.78 Å². The van der Waals surface area contributed by atoms with Crippen LogP contribution in [0.4, 0.5) is 5.13 Å². The van der Waals surface area contributed by atoms with E-state index in [1.54, 1.807) is 6.20 Å². The summed E-state index contributed by atoms with van der Waals surface area (Å²) in [6.45, 7) is 4.02. The Balaban J connectivity index is 1.53. The van der Waals surface area contributed by atoms with Crippen LogP contribution >= 0.6 is 11.3 Å². The highest BCUT2D eigenvalue weighted by Crippen LogP contribution is 2.31. The molecule has 0 unspecified atom stereocenters. The lowest BCUT2D eigenvalue weighted by atomic mass is 10.0. The summed E-state index contributed by atoms with van der Waals surface area (Å²) in [5.74, 6) is 0.00441. The number of pyridine rings is 1. The summed E-state index contributed by atoms with van der Waals surface area (Å²) in [7, 11) is 0. The van der Waals surface area contributed by atoms with E-state index < -0.39 is 0 Å². The van der Waals surface area contributed by atoms with Gasteiger partial charge in [0, 0.05) is 28.9 Å². The summed E-state index contributed by atoms with van der Waals surface area (Å²) in [6.07, 6.45) is 3.83. The number of hydrogen-bond acceptors (Lipinski definition) is 4. The van der Waals surface area contributed by atoms with Gasteiger partial charge in [0.05, 0.1) is 17.1 Å². The van der Waals surface area contributed by atoms with Crippen molar-refractivity contribution in [3.63, 3.8) is 0 Å². The third kappa shape index (κ3) is 3.97. The van der Waals surface area contributed by atoms with Crippen LogP contribution in [0, 0.1) is 13.8 Å². The molecule has 0 atom stereocenters. The van der Waals surface area contributed by atoms with E-state index in [1.165, 1.54) is 27.8 Å². The quantitative estimate of drug-likeness (QED) is 0.471. The van der Waals surface area contributed by atoms with E-state index in [0.29, 0.717) is 11.6 Å². The van der Waals surface area contributed by atoms with Gasteiger partial charge in [0.2, 0.25) is 5.91 Å². The third-order valence-electron chi connectivity index (χ3n) is 4.68. The number of carbonyl (C=O) groups is 1. The number of aromatic amines is 1. The summed E-state index contributed by atoms with van der Waals surface area (Å²) < 4.78 is 0. The number of carbonyl (C=O) groups excluding carboxylic acids is 1. The number of nitrogens with zero attached hydrogens (tertiary/aromatic N) is 2. The Bertz CT molecular complexity index is 1110. The monoisotopic (exact) mass is 390 g/mol. The van der Waals surface area contributed by atoms with Crippen LogP contribution in [0.25, 0.3) is 22.3 Å². The van der Waals surface area contributed by atoms with Crippen molar-refractivity contribution in [2.24, 2.45) is 0 Å². The first-order valence-corrected chi connectivity index (χ1v) is 10.2. The molecule has 3 aromatic heterocycles. The van der Waals surface area contributed by atoms with Gasteiger partial charge in [-0.2, -0.15) is 0 Å². The van der Waals surface area contributed by atoms with Crippen molar-refractivity contribution in [1.82, 2.24) is 15.0 Å². The Morgan fingerprint density at radius 2 is 2.11 bits per heavy atom. The van der Waals surface area contributed by atoms with Crippen LogP contribution < -0.4 is 5.32 Å². The number of anilines is 1. The number of fused-ring (bicyclic) bond motifs is 1. The molecule has 0 spiro atoms. The highest BCUT2D eigenvalue weighted by Gasteiger charge is 2.15. The molecular weight excluding hydrogens is 368 g/mol. The lowest BCUT2D eigenvalue weighted by Crippen LogP contribution is -2.11. The van der Waals surface area contributed by atoms with Gasteiger partial charge in [-0.1, -0.05) is 17.7 Å². The standard InChI is InChI=1S/C22H22N4OS/c1-14-9-10-18-17(12-14)16(21(25-18)19-7-3-4-11-23-19)6-5-8-20(27)26-22-24-15(2)13-28-22/h3-4,7,9-13,25H,5-6,8H2,1-2H3,(H,24,26,27). The maximum atomic E-state index is 12.3. The number of aromatic nitrogens is 3. The molecular formula is C22H22N4OS. The molecule has 142 valence electrons. The first kappa shape index (κ1) is 18.4. The molecule has 28 heavy (non-hydrogen) atoms. The smallest absolute Gasteiger partial charge is 0.226 e. The van der Waals surface area contributed by atoms with E-state index in [2.05, 4.69) is 45.4 Å². The van der Waals surface area contributed by atoms with Crippen molar-refractivity contribution in [2.45, 2.75) is 33.1 Å². The third-order valence-corrected chi connectivity index (χ3v) is 5.55. The number of H-pyrrole nitrogens is 1. The fourth-order valence-electron chi connectivity index (χ4n) is 3.37. The van der Waals surface area contributed by atoms with E-state index in [-0.39, 0.29) is 5.91 Å². The molecule has 2 N–H and O–H groups in total. The molecule has 0 aliphatic rings. The van der Waals surface area contributed by atoms with Gasteiger partial charge in [-0.05, 0) is 56.5 Å². The lowest BCUT2D eigenvalue weighted by molar-refractivity contribution is -0.116. The van der Waals surface area contributed by atoms with E-state index in [1.807, 2.05) is 30.5 Å². The lowest BCUT2D eigenvalue weighted by Gasteiger charge is -2.06. The topological polar surface area (TPSA) is 70.7 Å². The highest BCUT2D eigenvalue weighted by molar-refractivity contribution is 7.13. The minimum absolute atomic E-state index is 0.00441. The first-order chi connectivity index (χ1) is 13.6. The van der Waals surface area contributed by atoms with Crippen molar-refractivity contribution in [3.05, 3.63) is 64.8 Å². The number of benzene rings is 1. The van der Waals surface area contributed by atoms with Crippen molar-refractivity contribution >= 4 is 33.3 Å². The summed E-state index contributed by atoms with van der Waals surface area (Å²) in [5, 5.41) is 6.69. The Kier molecular flexibility index (Phi) is 5.21. The van der Waals surface area contributed by atoms with Crippen molar-refractivity contribution < 1.29 is 4.79 Å². The van der Waals surface area contributed by atoms with Gasteiger partial charge >= 0.3 is 0 Å². The van der Waals surface area contributed by atoms with Gasteiger partial charge in [-0.15, -0.1) is 11.3 Å². The van der Waals surface area contributed by atoms with Gasteiger partial charge < -0.3 is 10.3 Å². The second-order valence-corrected chi connectivity index (χ2v) is 7.80. The summed E-state index contributed by atoms with van der Waals surface area (Å²) in [4.78, 5) is 24.6. The van der Waals surface area contributed by atoms with Gasteiger partial charge in [0.15, 0.2) is 5.13 Å². The van der Waals surface area contributed by atoms with Crippen LogP contribution in [0.1, 0.15) is 29.7 Å². The van der Waals surface area contributed by atoms with Crippen LogP contribution in [0.3, 0.4) is 0 Å². The molecule has 4 rings (SSSR count). The molecule has 0 radical (unpaired) electrons. The number of rotatable bonds is 6. The molecule has 0 saturated carbocycles. The molecule has 0 fully saturated rings. The maximum absolute atomic E-state index is 12.3. The Hall–Kier alpha value is -2.99. The predicted molar refractivity (Wildman–Crippen MR) is 115 cm³/mol. The highest BCUT2D eigenvalue weighted by atomic mass is 32.1. The van der Waals surface area contributed by atoms with E-state index >= 15 is 0 Å². The van der Waals surface area contributed by atoms with Crippen LogP contribution in [0.15, 0.2) is 48.0 Å². The molecule has 1 amide bonds. The molecule has 3 heterocycles. The van der Waals surface area contributed by atoms with Gasteiger partial charge in [0.1, 0.15) is 0 Å². The van der Waals surface area contributed by atoms with E-state index in [9.17, 15) is 4.79 Å². The summed E-state index contributed by atoms with van der Waals surface area (Å²) in [6, 6.07) is 12.3. The SMILES string of the molecule is Cc1ccc2[nH]c(-c3ccccn3)c(CCCC(=O)Nc3nc(C)cs3)c2c1. The van der Waals surface area contributed by atoms with Crippen molar-refractivity contribution in [2.75, 3.05) is 5.32 Å². The Morgan fingerprint density at radius 3 is 2.86 bits per heavy atom. The van der Waals surface area contributed by atoms with Crippen LogP contribution in [-0.2, 0) is 11.2 Å². The number of nitrogens with one attached hydrogen (secondary N) is 2. The van der Waals surface area contributed by atoms with Gasteiger partial charge in [0.25, 0.3) is 0 Å². The van der Waals surface area contributed by atoms with E-state index in [4.69, 9.17) is 0 Å². The summed E-state index contributed by atoms with van der Waals surface area (Å²) in [5.41, 5.74) is 6.43. The maximum Gasteiger partial charge on any atom is 0.226 e. The molecule has 4 aromatic rings. The Morgan fingerprint density at radius 1 is 1.21 bits per heavy atom. The number of amides is 1. The second kappa shape index (κ2) is 7.94. The first-order valence-electron chi connectivity index (χ1n) is 9.35. The second-order valence-electron chi connectivity index (χ2n) is 6.94. The zero-order valence-corrected chi connectivity index (χ0v) is 16.8. The molecule has 0 saturated heterocycles. The molecule has 1 aromatic carbocycles. The zero-order chi connectivity index (χ0) is 19.5. The average Bonchev–Trinajstić information content (AvgIpc) is 3.26. The van der Waals surface area contributed by atoms with Crippen LogP contribution in [0.2, 0.25) is 0 Å².